The normalized spacial score (nSPS) is 20.6. The first kappa shape index (κ1) is 22.3. The molecule has 7 heteroatoms. The van der Waals surface area contributed by atoms with E-state index in [-0.39, 0.29) is 17.4 Å². The fourth-order valence-corrected chi connectivity index (χ4v) is 6.38. The summed E-state index contributed by atoms with van der Waals surface area (Å²) in [5.41, 5.74) is 12.8. The summed E-state index contributed by atoms with van der Waals surface area (Å²) in [5, 5.41) is 3.64. The third-order valence-corrected chi connectivity index (χ3v) is 8.65. The van der Waals surface area contributed by atoms with E-state index in [9.17, 15) is 4.79 Å². The molecule has 7 rings (SSSR count). The van der Waals surface area contributed by atoms with Gasteiger partial charge in [0.1, 0.15) is 17.2 Å². The van der Waals surface area contributed by atoms with Crippen molar-refractivity contribution in [3.8, 4) is 0 Å². The van der Waals surface area contributed by atoms with E-state index in [1.165, 1.54) is 16.7 Å². The van der Waals surface area contributed by atoms with E-state index >= 15 is 0 Å². The number of aromatic nitrogens is 3. The number of hydrogen-bond acceptors (Lipinski definition) is 5. The van der Waals surface area contributed by atoms with Gasteiger partial charge >= 0.3 is 0 Å². The summed E-state index contributed by atoms with van der Waals surface area (Å²) in [6.07, 6.45) is 8.31. The Morgan fingerprint density at radius 2 is 1.84 bits per heavy atom. The molecule has 4 aromatic rings. The van der Waals surface area contributed by atoms with Crippen molar-refractivity contribution in [1.82, 2.24) is 19.3 Å². The van der Waals surface area contributed by atoms with E-state index in [0.29, 0.717) is 11.7 Å². The number of nitrogen functional groups attached to an aromatic ring is 1. The molecular weight excluding hydrogens is 460 g/mol. The molecule has 1 saturated carbocycles. The lowest BCUT2D eigenvalue weighted by Gasteiger charge is -2.34. The number of nitrogens with zero attached hydrogens (tertiary/aromatic N) is 4. The van der Waals surface area contributed by atoms with E-state index in [0.717, 1.165) is 67.9 Å². The van der Waals surface area contributed by atoms with Crippen LogP contribution in [0.25, 0.3) is 5.52 Å². The largest absolute Gasteiger partial charge is 0.382 e. The number of fused-ring (bicyclic) bond motifs is 2. The molecule has 2 aliphatic heterocycles. The Kier molecular flexibility index (Phi) is 5.03. The lowest BCUT2D eigenvalue weighted by atomic mass is 9.90. The van der Waals surface area contributed by atoms with E-state index in [4.69, 9.17) is 10.7 Å². The van der Waals surface area contributed by atoms with Gasteiger partial charge in [0.15, 0.2) is 0 Å². The molecule has 3 aliphatic rings. The van der Waals surface area contributed by atoms with E-state index in [2.05, 4.69) is 75.1 Å². The van der Waals surface area contributed by atoms with Crippen molar-refractivity contribution in [2.75, 3.05) is 24.1 Å². The van der Waals surface area contributed by atoms with Crippen molar-refractivity contribution in [2.24, 2.45) is 0 Å². The Bertz CT molecular complexity index is 1470. The predicted molar refractivity (Wildman–Crippen MR) is 145 cm³/mol. The molecule has 37 heavy (non-hydrogen) atoms. The van der Waals surface area contributed by atoms with Crippen LogP contribution >= 0.6 is 0 Å². The molecule has 0 bridgehead atoms. The number of rotatable bonds is 4. The molecule has 1 amide bonds. The number of carbonyl (C=O) groups excluding carboxylic acids is 1. The third kappa shape index (κ3) is 3.59. The minimum Gasteiger partial charge on any atom is -0.382 e. The van der Waals surface area contributed by atoms with Crippen LogP contribution in [0.3, 0.4) is 0 Å². The molecule has 1 aliphatic carbocycles. The van der Waals surface area contributed by atoms with Gasteiger partial charge in [-0.25, -0.2) is 9.97 Å². The highest BCUT2D eigenvalue weighted by Crippen LogP contribution is 2.50. The summed E-state index contributed by atoms with van der Waals surface area (Å²) in [6.45, 7) is 3.61. The van der Waals surface area contributed by atoms with E-state index in [1.807, 2.05) is 6.20 Å². The Labute approximate surface area is 216 Å². The van der Waals surface area contributed by atoms with Crippen LogP contribution in [-0.4, -0.2) is 38.3 Å². The highest BCUT2D eigenvalue weighted by molar-refractivity contribution is 5.91. The molecule has 7 nitrogen and oxygen atoms in total. The van der Waals surface area contributed by atoms with Crippen LogP contribution in [0.2, 0.25) is 0 Å². The monoisotopic (exact) mass is 492 g/mol. The number of piperidine rings is 1. The number of hydrogen-bond donors (Lipinski definition) is 2. The summed E-state index contributed by atoms with van der Waals surface area (Å²) < 4.78 is 2.14. The number of nitrogens with two attached hydrogens (primary N) is 1. The van der Waals surface area contributed by atoms with Crippen LogP contribution in [0.5, 0.6) is 0 Å². The first-order valence-electron chi connectivity index (χ1n) is 13.4. The number of benzene rings is 2. The Morgan fingerprint density at radius 1 is 1.08 bits per heavy atom. The van der Waals surface area contributed by atoms with E-state index < -0.39 is 0 Å². The molecule has 1 saturated heterocycles. The van der Waals surface area contributed by atoms with Crippen LogP contribution in [0, 0.1) is 6.92 Å². The molecule has 188 valence electrons. The zero-order valence-electron chi connectivity index (χ0n) is 21.2. The molecule has 4 heterocycles. The van der Waals surface area contributed by atoms with Crippen LogP contribution in [0.4, 0.5) is 11.5 Å². The van der Waals surface area contributed by atoms with E-state index in [1.54, 1.807) is 6.20 Å². The summed E-state index contributed by atoms with van der Waals surface area (Å²) >= 11 is 0. The first-order valence-corrected chi connectivity index (χ1v) is 13.4. The quantitative estimate of drug-likeness (QED) is 0.429. The molecule has 2 aromatic heterocycles. The van der Waals surface area contributed by atoms with Gasteiger partial charge in [-0.3, -0.25) is 9.20 Å². The molecule has 0 radical (unpaired) electrons. The van der Waals surface area contributed by atoms with Gasteiger partial charge in [-0.05, 0) is 49.8 Å². The Balaban J connectivity index is 1.13. The number of anilines is 2. The van der Waals surface area contributed by atoms with Crippen molar-refractivity contribution in [3.05, 3.63) is 89.1 Å². The minimum absolute atomic E-state index is 0.0681. The van der Waals surface area contributed by atoms with Gasteiger partial charge in [0.2, 0.25) is 5.91 Å². The van der Waals surface area contributed by atoms with Crippen molar-refractivity contribution in [3.63, 3.8) is 0 Å². The second kappa shape index (κ2) is 8.33. The van der Waals surface area contributed by atoms with Crippen LogP contribution < -0.4 is 11.1 Å². The van der Waals surface area contributed by atoms with Gasteiger partial charge in [0.25, 0.3) is 0 Å². The van der Waals surface area contributed by atoms with Crippen LogP contribution in [0.15, 0.2) is 60.9 Å². The maximum absolute atomic E-state index is 13.6. The smallest absolute Gasteiger partial charge is 0.233 e. The highest BCUT2D eigenvalue weighted by Gasteiger charge is 2.53. The number of likely N-dealkylation sites (tertiary alicyclic amines) is 1. The minimum atomic E-state index is -0.309. The lowest BCUT2D eigenvalue weighted by molar-refractivity contribution is -0.135. The molecule has 2 aromatic carbocycles. The highest BCUT2D eigenvalue weighted by atomic mass is 16.2. The second-order valence-electron chi connectivity index (χ2n) is 11.0. The number of para-hydroxylation sites is 1. The van der Waals surface area contributed by atoms with Crippen molar-refractivity contribution in [1.29, 1.82) is 0 Å². The molecule has 0 spiro atoms. The maximum Gasteiger partial charge on any atom is 0.233 e. The van der Waals surface area contributed by atoms with Crippen LogP contribution in [-0.2, 0) is 16.6 Å². The summed E-state index contributed by atoms with van der Waals surface area (Å²) in [7, 11) is 0. The fraction of sp³-hybridized carbons (Fsp3) is 0.367. The Hall–Kier alpha value is -3.87. The van der Waals surface area contributed by atoms with Crippen LogP contribution in [0.1, 0.15) is 65.9 Å². The zero-order valence-corrected chi connectivity index (χ0v) is 21.2. The van der Waals surface area contributed by atoms with Gasteiger partial charge in [0.05, 0.1) is 17.2 Å². The molecule has 2 fully saturated rings. The first-order chi connectivity index (χ1) is 18.0. The molecule has 1 unspecified atom stereocenters. The van der Waals surface area contributed by atoms with Gasteiger partial charge in [0, 0.05) is 43.5 Å². The third-order valence-electron chi connectivity index (χ3n) is 8.65. The molecule has 3 N–H and O–H groups in total. The number of aryl methyl sites for hydroxylation is 1. The van der Waals surface area contributed by atoms with Crippen molar-refractivity contribution in [2.45, 2.75) is 56.4 Å². The second-order valence-corrected chi connectivity index (χ2v) is 11.0. The van der Waals surface area contributed by atoms with Gasteiger partial charge in [-0.2, -0.15) is 0 Å². The lowest BCUT2D eigenvalue weighted by Crippen LogP contribution is -2.43. The predicted octanol–water partition coefficient (Wildman–Crippen LogP) is 4.77. The van der Waals surface area contributed by atoms with Gasteiger partial charge in [-0.15, -0.1) is 0 Å². The van der Waals surface area contributed by atoms with Gasteiger partial charge in [-0.1, -0.05) is 48.0 Å². The number of nitrogens with one attached hydrogen (secondary N) is 1. The number of amides is 1. The molecule has 1 atom stereocenters. The average molecular weight is 493 g/mol. The van der Waals surface area contributed by atoms with Gasteiger partial charge < -0.3 is 16.0 Å². The topological polar surface area (TPSA) is 88.5 Å². The summed E-state index contributed by atoms with van der Waals surface area (Å²) in [6, 6.07) is 17.0. The standard InChI is InChI=1S/C30H32N6O/c1-19-6-8-22(9-7-19)30(12-13-30)29(37)35-15-10-20(11-16-35)28-34-25(26-27(31)32-14-17-36(26)28)24-18-21-4-2-3-5-23(21)33-24/h2-9,14,17,20,24,33H,10-13,15-16,18H2,1H3,(H2,31,32). The number of carbonyl (C=O) groups is 1. The zero-order chi connectivity index (χ0) is 25.1. The van der Waals surface area contributed by atoms with Crippen molar-refractivity contribution >= 4 is 22.9 Å². The fourth-order valence-electron chi connectivity index (χ4n) is 6.38. The summed E-state index contributed by atoms with van der Waals surface area (Å²) in [5.74, 6) is 2.11. The summed E-state index contributed by atoms with van der Waals surface area (Å²) in [4.78, 5) is 25.3. The molecular formula is C30H32N6O. The Morgan fingerprint density at radius 3 is 2.57 bits per heavy atom. The van der Waals surface area contributed by atoms with Crippen molar-refractivity contribution < 1.29 is 4.79 Å². The number of imidazole rings is 1. The SMILES string of the molecule is Cc1ccc(C2(C(=O)N3CCC(c4nc(C5Cc6ccccc6N5)c5c(N)nccn45)CC3)CC2)cc1. The average Bonchev–Trinajstić information content (AvgIpc) is 3.46. The maximum atomic E-state index is 13.6.